The van der Waals surface area contributed by atoms with Crippen molar-refractivity contribution in [3.8, 4) is 0 Å². The zero-order chi connectivity index (χ0) is 14.2. The number of carboxylic acids is 1. The molecule has 0 aromatic carbocycles. The van der Waals surface area contributed by atoms with Crippen LogP contribution in [-0.4, -0.2) is 33.6 Å². The molecule has 2 N–H and O–H groups in total. The molecule has 10 heteroatoms. The second kappa shape index (κ2) is 4.63. The maximum atomic E-state index is 12.1. The van der Waals surface area contributed by atoms with Crippen molar-refractivity contribution in [1.82, 2.24) is 14.2 Å². The lowest BCUT2D eigenvalue weighted by atomic mass is 10.2. The molecule has 0 saturated carbocycles. The zero-order valence-electron chi connectivity index (χ0n) is 9.98. The summed E-state index contributed by atoms with van der Waals surface area (Å²) >= 11 is 0.784. The fraction of sp³-hybridized carbons (Fsp3) is 0.222. The van der Waals surface area contributed by atoms with Gasteiger partial charge < -0.3 is 5.11 Å². The summed E-state index contributed by atoms with van der Waals surface area (Å²) < 4.78 is 31.4. The lowest BCUT2D eigenvalue weighted by Gasteiger charge is -2.06. The number of hydrogen-bond acceptors (Lipinski definition) is 6. The number of nitrogens with zero attached hydrogens (tertiary/aromatic N) is 3. The molecule has 2 aromatic rings. The number of aryl methyl sites for hydroxylation is 2. The van der Waals surface area contributed by atoms with Crippen molar-refractivity contribution in [3.05, 3.63) is 23.5 Å². The highest BCUT2D eigenvalue weighted by Crippen LogP contribution is 2.26. The molecule has 2 aromatic heterocycles. The van der Waals surface area contributed by atoms with Crippen molar-refractivity contribution in [2.45, 2.75) is 11.9 Å². The molecule has 0 aliphatic heterocycles. The molecule has 0 amide bonds. The Hall–Kier alpha value is -1.94. The van der Waals surface area contributed by atoms with Gasteiger partial charge in [0.2, 0.25) is 0 Å². The molecular formula is C9H10N4O4S2. The number of anilines is 1. The standard InChI is InChI=1S/C9H10N4O4S2/c1-5-7(9(14)15)8(18-11-5)12-19(16,17)6-3-4-10-13(6)2/h3-4,12H,1-2H3,(H,14,15). The molecule has 8 nitrogen and oxygen atoms in total. The Kier molecular flexibility index (Phi) is 3.28. The van der Waals surface area contributed by atoms with Gasteiger partial charge in [-0.3, -0.25) is 9.40 Å². The van der Waals surface area contributed by atoms with E-state index in [9.17, 15) is 13.2 Å². The van der Waals surface area contributed by atoms with Crippen LogP contribution in [0.2, 0.25) is 0 Å². The number of aromatic carboxylic acids is 1. The van der Waals surface area contributed by atoms with Gasteiger partial charge in [0.1, 0.15) is 10.6 Å². The van der Waals surface area contributed by atoms with Crippen LogP contribution >= 0.6 is 11.5 Å². The molecule has 0 spiro atoms. The summed E-state index contributed by atoms with van der Waals surface area (Å²) in [5.74, 6) is -1.23. The van der Waals surface area contributed by atoms with Crippen LogP contribution in [-0.2, 0) is 17.1 Å². The average Bonchev–Trinajstić information content (AvgIpc) is 2.85. The van der Waals surface area contributed by atoms with Crippen LogP contribution in [0.3, 0.4) is 0 Å². The van der Waals surface area contributed by atoms with Gasteiger partial charge in [-0.1, -0.05) is 0 Å². The molecular weight excluding hydrogens is 292 g/mol. The Bertz CT molecular complexity index is 731. The minimum absolute atomic E-state index is 0.0220. The topological polar surface area (TPSA) is 114 Å². The monoisotopic (exact) mass is 302 g/mol. The quantitative estimate of drug-likeness (QED) is 0.858. The molecule has 0 bridgehead atoms. The molecule has 0 saturated heterocycles. The normalized spacial score (nSPS) is 11.5. The number of nitrogens with one attached hydrogen (secondary N) is 1. The third-order valence-electron chi connectivity index (χ3n) is 2.35. The molecule has 0 unspecified atom stereocenters. The Balaban J connectivity index is 2.42. The molecule has 0 aliphatic rings. The van der Waals surface area contributed by atoms with Crippen molar-refractivity contribution >= 4 is 32.5 Å². The summed E-state index contributed by atoms with van der Waals surface area (Å²) in [4.78, 5) is 11.1. The predicted octanol–water partition coefficient (Wildman–Crippen LogP) is 0.684. The van der Waals surface area contributed by atoms with Crippen molar-refractivity contribution < 1.29 is 18.3 Å². The van der Waals surface area contributed by atoms with E-state index in [-0.39, 0.29) is 21.3 Å². The number of rotatable bonds is 4. The first-order valence-corrected chi connectivity index (χ1v) is 7.29. The summed E-state index contributed by atoms with van der Waals surface area (Å²) in [7, 11) is -2.41. The molecule has 19 heavy (non-hydrogen) atoms. The average molecular weight is 302 g/mol. The van der Waals surface area contributed by atoms with E-state index in [0.717, 1.165) is 11.5 Å². The molecule has 0 fully saturated rings. The first-order valence-electron chi connectivity index (χ1n) is 5.03. The number of aromatic nitrogens is 3. The van der Waals surface area contributed by atoms with E-state index < -0.39 is 16.0 Å². The van der Waals surface area contributed by atoms with Gasteiger partial charge in [0.05, 0.1) is 11.9 Å². The van der Waals surface area contributed by atoms with Crippen LogP contribution < -0.4 is 4.72 Å². The van der Waals surface area contributed by atoms with E-state index >= 15 is 0 Å². The zero-order valence-corrected chi connectivity index (χ0v) is 11.6. The number of hydrogen-bond donors (Lipinski definition) is 2. The van der Waals surface area contributed by atoms with Crippen LogP contribution in [0.25, 0.3) is 0 Å². The van der Waals surface area contributed by atoms with Crippen molar-refractivity contribution in [1.29, 1.82) is 0 Å². The SMILES string of the molecule is Cc1nsc(NS(=O)(=O)c2ccnn2C)c1C(=O)O. The fourth-order valence-corrected chi connectivity index (χ4v) is 3.70. The molecule has 102 valence electrons. The summed E-state index contributed by atoms with van der Waals surface area (Å²) in [5, 5.41) is 12.7. The largest absolute Gasteiger partial charge is 0.478 e. The fourth-order valence-electron chi connectivity index (χ4n) is 1.49. The number of carbonyl (C=O) groups is 1. The molecule has 0 aliphatic carbocycles. The Labute approximate surface area is 112 Å². The Morgan fingerprint density at radius 1 is 1.53 bits per heavy atom. The summed E-state index contributed by atoms with van der Waals surface area (Å²) in [6.45, 7) is 1.50. The van der Waals surface area contributed by atoms with Gasteiger partial charge in [-0.25, -0.2) is 4.79 Å². The first kappa shape index (κ1) is 13.5. The smallest absolute Gasteiger partial charge is 0.340 e. The second-order valence-electron chi connectivity index (χ2n) is 3.68. The van der Waals surface area contributed by atoms with E-state index in [1.165, 1.54) is 30.9 Å². The maximum absolute atomic E-state index is 12.1. The third-order valence-corrected chi connectivity index (χ3v) is 4.76. The van der Waals surface area contributed by atoms with Crippen molar-refractivity contribution in [2.75, 3.05) is 4.72 Å². The van der Waals surface area contributed by atoms with Crippen LogP contribution in [0, 0.1) is 6.92 Å². The highest BCUT2D eigenvalue weighted by Gasteiger charge is 2.24. The summed E-state index contributed by atoms with van der Waals surface area (Å²) in [6.07, 6.45) is 1.34. The van der Waals surface area contributed by atoms with Gasteiger partial charge in [-0.15, -0.1) is 0 Å². The van der Waals surface area contributed by atoms with E-state index in [1.54, 1.807) is 0 Å². The van der Waals surface area contributed by atoms with Crippen LogP contribution in [0.1, 0.15) is 16.1 Å². The van der Waals surface area contributed by atoms with Gasteiger partial charge in [0.15, 0.2) is 5.03 Å². The minimum atomic E-state index is -3.89. The third kappa shape index (κ3) is 2.44. The maximum Gasteiger partial charge on any atom is 0.340 e. The summed E-state index contributed by atoms with van der Waals surface area (Å²) in [6, 6.07) is 1.32. The molecule has 0 atom stereocenters. The molecule has 2 rings (SSSR count). The van der Waals surface area contributed by atoms with Gasteiger partial charge >= 0.3 is 5.97 Å². The Morgan fingerprint density at radius 3 is 2.74 bits per heavy atom. The number of sulfonamides is 1. The lowest BCUT2D eigenvalue weighted by molar-refractivity contribution is 0.0697. The molecule has 2 heterocycles. The highest BCUT2D eigenvalue weighted by atomic mass is 32.2. The van der Waals surface area contributed by atoms with Gasteiger partial charge in [0.25, 0.3) is 10.0 Å². The van der Waals surface area contributed by atoms with Gasteiger partial charge in [-0.05, 0) is 24.5 Å². The van der Waals surface area contributed by atoms with Gasteiger partial charge in [-0.2, -0.15) is 17.9 Å². The minimum Gasteiger partial charge on any atom is -0.478 e. The van der Waals surface area contributed by atoms with Crippen LogP contribution in [0.5, 0.6) is 0 Å². The Morgan fingerprint density at radius 2 is 2.21 bits per heavy atom. The molecule has 0 radical (unpaired) electrons. The predicted molar refractivity (Wildman–Crippen MR) is 67.8 cm³/mol. The van der Waals surface area contributed by atoms with Crippen LogP contribution in [0.4, 0.5) is 5.00 Å². The first-order chi connectivity index (χ1) is 8.83. The van der Waals surface area contributed by atoms with Crippen LogP contribution in [0.15, 0.2) is 17.3 Å². The van der Waals surface area contributed by atoms with Gasteiger partial charge in [0, 0.05) is 7.05 Å². The van der Waals surface area contributed by atoms with E-state index in [0.29, 0.717) is 0 Å². The second-order valence-corrected chi connectivity index (χ2v) is 6.08. The summed E-state index contributed by atoms with van der Waals surface area (Å²) in [5.41, 5.74) is 0.121. The van der Waals surface area contributed by atoms with E-state index in [2.05, 4.69) is 14.2 Å². The van der Waals surface area contributed by atoms with E-state index in [1.807, 2.05) is 0 Å². The van der Waals surface area contributed by atoms with Crippen molar-refractivity contribution in [3.63, 3.8) is 0 Å². The highest BCUT2D eigenvalue weighted by molar-refractivity contribution is 7.92. The van der Waals surface area contributed by atoms with Crippen molar-refractivity contribution in [2.24, 2.45) is 7.05 Å². The number of carboxylic acid groups (broad SMARTS) is 1. The van der Waals surface area contributed by atoms with E-state index in [4.69, 9.17) is 5.11 Å². The lowest BCUT2D eigenvalue weighted by Crippen LogP contribution is -2.17.